The Bertz CT molecular complexity index is 678. The van der Waals surface area contributed by atoms with Gasteiger partial charge in [0.1, 0.15) is 4.90 Å². The maximum Gasteiger partial charge on any atom is 0.257 e. The molecule has 1 saturated heterocycles. The van der Waals surface area contributed by atoms with Gasteiger partial charge >= 0.3 is 0 Å². The summed E-state index contributed by atoms with van der Waals surface area (Å²) >= 11 is 0. The molecule has 0 bridgehead atoms. The van der Waals surface area contributed by atoms with Gasteiger partial charge in [-0.15, -0.1) is 0 Å². The van der Waals surface area contributed by atoms with Gasteiger partial charge < -0.3 is 9.88 Å². The number of carbonyl (C=O) groups is 1. The van der Waals surface area contributed by atoms with Crippen LogP contribution in [-0.4, -0.2) is 42.8 Å². The van der Waals surface area contributed by atoms with Gasteiger partial charge in [0.05, 0.1) is 5.56 Å². The molecule has 0 atom stereocenters. The molecule has 124 valence electrons. The number of hydrogen-bond acceptors (Lipinski definition) is 3. The number of nitrogens with zero attached hydrogens (tertiary/aromatic N) is 1. The van der Waals surface area contributed by atoms with Crippen LogP contribution in [-0.2, 0) is 10.0 Å². The van der Waals surface area contributed by atoms with E-state index in [9.17, 15) is 13.2 Å². The predicted molar refractivity (Wildman–Crippen MR) is 85.5 cm³/mol. The maximum atomic E-state index is 12.7. The average molecular weight is 327 g/mol. The zero-order valence-corrected chi connectivity index (χ0v) is 14.7. The van der Waals surface area contributed by atoms with Crippen LogP contribution in [0.4, 0.5) is 0 Å². The van der Waals surface area contributed by atoms with E-state index in [0.717, 1.165) is 12.8 Å². The second-order valence-electron chi connectivity index (χ2n) is 6.93. The van der Waals surface area contributed by atoms with Crippen LogP contribution in [0.3, 0.4) is 0 Å². The summed E-state index contributed by atoms with van der Waals surface area (Å²) in [6.07, 6.45) is 1.94. The number of likely N-dealkylation sites (tertiary alicyclic amines) is 1. The van der Waals surface area contributed by atoms with Gasteiger partial charge in [-0.3, -0.25) is 4.79 Å². The maximum absolute atomic E-state index is 12.7. The van der Waals surface area contributed by atoms with Crippen molar-refractivity contribution < 1.29 is 13.2 Å². The number of carbonyl (C=O) groups excluding carboxylic acids is 1. The molecule has 1 aromatic rings. The highest BCUT2D eigenvalue weighted by molar-refractivity contribution is 7.89. The van der Waals surface area contributed by atoms with Gasteiger partial charge in [0, 0.05) is 30.0 Å². The second kappa shape index (κ2) is 5.70. The van der Waals surface area contributed by atoms with Gasteiger partial charge in [0.25, 0.3) is 5.91 Å². The Kier molecular flexibility index (Phi) is 4.41. The van der Waals surface area contributed by atoms with E-state index in [4.69, 9.17) is 0 Å². The summed E-state index contributed by atoms with van der Waals surface area (Å²) in [5.41, 5.74) is 0.765. The van der Waals surface area contributed by atoms with Crippen molar-refractivity contribution in [2.24, 2.45) is 0 Å². The molecule has 1 fully saturated rings. The van der Waals surface area contributed by atoms with Gasteiger partial charge in [-0.05, 0) is 47.5 Å². The smallest absolute Gasteiger partial charge is 0.257 e. The molecule has 1 amide bonds. The molecule has 7 heteroatoms. The van der Waals surface area contributed by atoms with Crippen molar-refractivity contribution in [3.05, 3.63) is 17.0 Å². The molecule has 0 aromatic carbocycles. The first-order chi connectivity index (χ1) is 10.0. The minimum atomic E-state index is -3.76. The fraction of sp³-hybridized carbons (Fsp3) is 0.667. The van der Waals surface area contributed by atoms with Crippen molar-refractivity contribution in [1.82, 2.24) is 14.6 Å². The molecular weight excluding hydrogens is 302 g/mol. The molecule has 2 rings (SSSR count). The van der Waals surface area contributed by atoms with E-state index < -0.39 is 15.6 Å². The molecule has 1 aliphatic heterocycles. The number of nitrogens with one attached hydrogen (secondary N) is 2. The number of aryl methyl sites for hydroxylation is 2. The van der Waals surface area contributed by atoms with Crippen molar-refractivity contribution in [2.45, 2.75) is 57.9 Å². The van der Waals surface area contributed by atoms with Crippen LogP contribution in [0.25, 0.3) is 0 Å². The van der Waals surface area contributed by atoms with Crippen LogP contribution < -0.4 is 4.72 Å². The molecule has 1 aliphatic rings. The minimum Gasteiger partial charge on any atom is -0.361 e. The first-order valence-electron chi connectivity index (χ1n) is 7.55. The molecule has 0 aliphatic carbocycles. The highest BCUT2D eigenvalue weighted by Gasteiger charge is 2.33. The predicted octanol–water partition coefficient (Wildman–Crippen LogP) is 1.94. The lowest BCUT2D eigenvalue weighted by atomic mass is 10.1. The lowest BCUT2D eigenvalue weighted by Crippen LogP contribution is -2.41. The molecule has 22 heavy (non-hydrogen) atoms. The van der Waals surface area contributed by atoms with Gasteiger partial charge in [-0.25, -0.2) is 13.1 Å². The van der Waals surface area contributed by atoms with Crippen LogP contribution in [0, 0.1) is 13.8 Å². The summed E-state index contributed by atoms with van der Waals surface area (Å²) in [6, 6.07) is 0. The summed E-state index contributed by atoms with van der Waals surface area (Å²) in [7, 11) is -3.76. The lowest BCUT2D eigenvalue weighted by Gasteiger charge is -2.22. The van der Waals surface area contributed by atoms with Crippen LogP contribution in [0.2, 0.25) is 0 Å². The van der Waals surface area contributed by atoms with E-state index in [1.807, 2.05) is 0 Å². The van der Waals surface area contributed by atoms with Crippen LogP contribution in [0.5, 0.6) is 0 Å². The number of amides is 1. The molecule has 0 unspecified atom stereocenters. The fourth-order valence-electron chi connectivity index (χ4n) is 2.88. The third-order valence-corrected chi connectivity index (χ3v) is 5.56. The van der Waals surface area contributed by atoms with Gasteiger partial charge in [0.2, 0.25) is 10.0 Å². The summed E-state index contributed by atoms with van der Waals surface area (Å²) < 4.78 is 28.1. The van der Waals surface area contributed by atoms with Crippen molar-refractivity contribution in [2.75, 3.05) is 13.1 Å². The third-order valence-electron chi connectivity index (χ3n) is 3.63. The Morgan fingerprint density at radius 3 is 2.18 bits per heavy atom. The lowest BCUT2D eigenvalue weighted by molar-refractivity contribution is 0.0788. The standard InChI is InChI=1S/C15H25N3O3S/c1-10-12(14(19)18-8-6-7-9-18)13(11(2)16-10)22(20,21)17-15(3,4)5/h16-17H,6-9H2,1-5H3. The second-order valence-corrected chi connectivity index (χ2v) is 8.55. The van der Waals surface area contributed by atoms with E-state index in [1.165, 1.54) is 0 Å². The number of hydrogen-bond donors (Lipinski definition) is 2. The van der Waals surface area contributed by atoms with E-state index in [-0.39, 0.29) is 16.4 Å². The Hall–Kier alpha value is -1.34. The number of sulfonamides is 1. The quantitative estimate of drug-likeness (QED) is 0.890. The third kappa shape index (κ3) is 3.35. The van der Waals surface area contributed by atoms with Crippen molar-refractivity contribution in [3.63, 3.8) is 0 Å². The summed E-state index contributed by atoms with van der Waals surface area (Å²) in [5.74, 6) is -0.200. The minimum absolute atomic E-state index is 0.0804. The summed E-state index contributed by atoms with van der Waals surface area (Å²) in [6.45, 7) is 10.1. The Balaban J connectivity index is 2.50. The normalized spacial score (nSPS) is 16.3. The molecule has 6 nitrogen and oxygen atoms in total. The van der Waals surface area contributed by atoms with E-state index >= 15 is 0 Å². The Morgan fingerprint density at radius 1 is 1.14 bits per heavy atom. The van der Waals surface area contributed by atoms with Crippen molar-refractivity contribution in [1.29, 1.82) is 0 Å². The Labute approximate surface area is 132 Å². The van der Waals surface area contributed by atoms with Gasteiger partial charge in [-0.2, -0.15) is 0 Å². The Morgan fingerprint density at radius 2 is 1.68 bits per heavy atom. The van der Waals surface area contributed by atoms with E-state index in [2.05, 4.69) is 9.71 Å². The fourth-order valence-corrected chi connectivity index (χ4v) is 4.76. The van der Waals surface area contributed by atoms with Crippen LogP contribution in [0.15, 0.2) is 4.90 Å². The van der Waals surface area contributed by atoms with E-state index in [1.54, 1.807) is 39.5 Å². The monoisotopic (exact) mass is 327 g/mol. The first kappa shape index (κ1) is 17.0. The average Bonchev–Trinajstić information content (AvgIpc) is 2.92. The summed E-state index contributed by atoms with van der Waals surface area (Å²) in [5, 5.41) is 0. The molecule has 0 spiro atoms. The largest absolute Gasteiger partial charge is 0.361 e. The van der Waals surface area contributed by atoms with Crippen molar-refractivity contribution in [3.8, 4) is 0 Å². The highest BCUT2D eigenvalue weighted by Crippen LogP contribution is 2.27. The molecular formula is C15H25N3O3S. The van der Waals surface area contributed by atoms with Crippen LogP contribution >= 0.6 is 0 Å². The molecule has 2 heterocycles. The molecule has 2 N–H and O–H groups in total. The molecule has 0 saturated carbocycles. The van der Waals surface area contributed by atoms with Crippen molar-refractivity contribution >= 4 is 15.9 Å². The van der Waals surface area contributed by atoms with Gasteiger partial charge in [0.15, 0.2) is 0 Å². The van der Waals surface area contributed by atoms with E-state index in [0.29, 0.717) is 24.5 Å². The SMILES string of the molecule is Cc1[nH]c(C)c(S(=O)(=O)NC(C)(C)C)c1C(=O)N1CCCC1. The van der Waals surface area contributed by atoms with Gasteiger partial charge in [-0.1, -0.05) is 0 Å². The highest BCUT2D eigenvalue weighted by atomic mass is 32.2. The molecule has 0 radical (unpaired) electrons. The number of H-pyrrole nitrogens is 1. The zero-order valence-electron chi connectivity index (χ0n) is 13.9. The number of rotatable bonds is 3. The topological polar surface area (TPSA) is 82.3 Å². The zero-order chi connectivity index (χ0) is 16.7. The van der Waals surface area contributed by atoms with Crippen LogP contribution in [0.1, 0.15) is 55.4 Å². The number of aromatic nitrogens is 1. The first-order valence-corrected chi connectivity index (χ1v) is 9.03. The summed E-state index contributed by atoms with van der Waals surface area (Å²) in [4.78, 5) is 17.5. The number of aromatic amines is 1. The molecule has 1 aromatic heterocycles.